The number of hydrogen-bond donors (Lipinski definition) is 1. The molecular weight excluding hydrogens is 254 g/mol. The third-order valence-corrected chi connectivity index (χ3v) is 3.05. The molecule has 1 fully saturated rings. The highest BCUT2D eigenvalue weighted by Crippen LogP contribution is 2.15. The maximum Gasteiger partial charge on any atom is 0.231 e. The van der Waals surface area contributed by atoms with Gasteiger partial charge in [-0.25, -0.2) is 0 Å². The van der Waals surface area contributed by atoms with Gasteiger partial charge in [0, 0.05) is 19.1 Å². The van der Waals surface area contributed by atoms with Crippen LogP contribution in [0.4, 0.5) is 11.9 Å². The number of nitrogens with one attached hydrogen (secondary N) is 1. The first-order valence-corrected chi connectivity index (χ1v) is 6.57. The molecule has 1 N–H and O–H groups in total. The lowest BCUT2D eigenvalue weighted by molar-refractivity contribution is 0.122. The summed E-state index contributed by atoms with van der Waals surface area (Å²) in [6, 6.07) is 0.306. The van der Waals surface area contributed by atoms with Crippen LogP contribution in [-0.2, 0) is 4.74 Å². The van der Waals surface area contributed by atoms with Crippen molar-refractivity contribution in [1.29, 1.82) is 0 Å². The predicted molar refractivity (Wildman–Crippen MR) is 71.2 cm³/mol. The monoisotopic (exact) mass is 271 g/mol. The predicted octanol–water partition coefficient (Wildman–Crippen LogP) is 1.57. The molecule has 0 aromatic carbocycles. The molecule has 2 heterocycles. The largest absolute Gasteiger partial charge is 0.378 e. The maximum absolute atomic E-state index is 5.94. The van der Waals surface area contributed by atoms with Crippen LogP contribution >= 0.6 is 11.6 Å². The molecule has 0 saturated carbocycles. The van der Waals surface area contributed by atoms with Crippen molar-refractivity contribution in [3.63, 3.8) is 0 Å². The molecule has 6 nitrogen and oxygen atoms in total. The van der Waals surface area contributed by atoms with Gasteiger partial charge in [0.05, 0.1) is 13.2 Å². The number of nitrogens with zero attached hydrogens (tertiary/aromatic N) is 4. The smallest absolute Gasteiger partial charge is 0.231 e. The third-order valence-electron chi connectivity index (χ3n) is 2.88. The summed E-state index contributed by atoms with van der Waals surface area (Å²) in [5.41, 5.74) is 0. The highest BCUT2D eigenvalue weighted by atomic mass is 35.5. The molecule has 1 aromatic rings. The van der Waals surface area contributed by atoms with Gasteiger partial charge < -0.3 is 15.0 Å². The van der Waals surface area contributed by atoms with Gasteiger partial charge >= 0.3 is 0 Å². The van der Waals surface area contributed by atoms with Crippen molar-refractivity contribution >= 4 is 23.5 Å². The Morgan fingerprint density at radius 3 is 2.72 bits per heavy atom. The molecule has 0 amide bonds. The third kappa shape index (κ3) is 3.43. The molecule has 1 atom stereocenters. The van der Waals surface area contributed by atoms with Gasteiger partial charge in [-0.05, 0) is 24.9 Å². The van der Waals surface area contributed by atoms with Crippen LogP contribution in [0.5, 0.6) is 0 Å². The Kier molecular flexibility index (Phi) is 4.54. The summed E-state index contributed by atoms with van der Waals surface area (Å²) >= 11 is 5.94. The van der Waals surface area contributed by atoms with Crippen LogP contribution < -0.4 is 10.2 Å². The van der Waals surface area contributed by atoms with E-state index in [4.69, 9.17) is 16.3 Å². The van der Waals surface area contributed by atoms with Gasteiger partial charge in [-0.3, -0.25) is 0 Å². The fraction of sp³-hybridized carbons (Fsp3) is 0.727. The lowest BCUT2D eigenvalue weighted by atomic mass is 10.3. The molecule has 0 radical (unpaired) electrons. The van der Waals surface area contributed by atoms with Crippen LogP contribution in [0.3, 0.4) is 0 Å². The van der Waals surface area contributed by atoms with Gasteiger partial charge in [0.2, 0.25) is 17.2 Å². The van der Waals surface area contributed by atoms with Crippen LogP contribution in [0.15, 0.2) is 0 Å². The normalized spacial score (nSPS) is 17.6. The van der Waals surface area contributed by atoms with Crippen molar-refractivity contribution in [2.75, 3.05) is 36.5 Å². The van der Waals surface area contributed by atoms with Crippen molar-refractivity contribution < 1.29 is 4.74 Å². The molecule has 1 saturated heterocycles. The summed E-state index contributed by atoms with van der Waals surface area (Å²) < 4.78 is 5.30. The van der Waals surface area contributed by atoms with E-state index in [-0.39, 0.29) is 5.28 Å². The highest BCUT2D eigenvalue weighted by molar-refractivity contribution is 6.28. The molecule has 7 heteroatoms. The summed E-state index contributed by atoms with van der Waals surface area (Å²) in [5, 5.41) is 3.43. The average Bonchev–Trinajstić information content (AvgIpc) is 2.39. The van der Waals surface area contributed by atoms with E-state index in [9.17, 15) is 0 Å². The number of ether oxygens (including phenoxy) is 1. The topological polar surface area (TPSA) is 63.2 Å². The first-order chi connectivity index (χ1) is 8.69. The molecule has 1 aromatic heterocycles. The first kappa shape index (κ1) is 13.3. The second-order valence-electron chi connectivity index (χ2n) is 4.28. The summed E-state index contributed by atoms with van der Waals surface area (Å²) in [6.45, 7) is 7.12. The van der Waals surface area contributed by atoms with Gasteiger partial charge in [-0.15, -0.1) is 0 Å². The van der Waals surface area contributed by atoms with E-state index in [2.05, 4.69) is 39.0 Å². The minimum atomic E-state index is 0.220. The van der Waals surface area contributed by atoms with E-state index in [0.717, 1.165) is 19.5 Å². The quantitative estimate of drug-likeness (QED) is 0.897. The van der Waals surface area contributed by atoms with E-state index in [1.54, 1.807) is 0 Å². The van der Waals surface area contributed by atoms with Gasteiger partial charge in [0.15, 0.2) is 0 Å². The zero-order valence-electron chi connectivity index (χ0n) is 10.7. The lowest BCUT2D eigenvalue weighted by Crippen LogP contribution is -2.37. The zero-order chi connectivity index (χ0) is 13.0. The number of morpholine rings is 1. The van der Waals surface area contributed by atoms with Crippen LogP contribution in [0.25, 0.3) is 0 Å². The maximum atomic E-state index is 5.94. The molecule has 1 aliphatic rings. The molecule has 18 heavy (non-hydrogen) atoms. The number of halogens is 1. The Morgan fingerprint density at radius 1 is 1.33 bits per heavy atom. The van der Waals surface area contributed by atoms with Crippen molar-refractivity contribution in [1.82, 2.24) is 15.0 Å². The standard InChI is InChI=1S/C11H18ClN5O/c1-3-8(2)13-10-14-9(12)15-11(16-10)17-4-6-18-7-5-17/h8H,3-7H2,1-2H3,(H,13,14,15,16). The molecular formula is C11H18ClN5O. The van der Waals surface area contributed by atoms with E-state index in [1.165, 1.54) is 0 Å². The van der Waals surface area contributed by atoms with E-state index in [1.807, 2.05) is 0 Å². The average molecular weight is 272 g/mol. The molecule has 0 spiro atoms. The summed E-state index contributed by atoms with van der Waals surface area (Å²) in [7, 11) is 0. The molecule has 2 rings (SSSR count). The molecule has 1 unspecified atom stereocenters. The van der Waals surface area contributed by atoms with Gasteiger partial charge in [0.1, 0.15) is 0 Å². The second-order valence-corrected chi connectivity index (χ2v) is 4.62. The van der Waals surface area contributed by atoms with Crippen molar-refractivity contribution in [2.24, 2.45) is 0 Å². The van der Waals surface area contributed by atoms with Gasteiger partial charge in [-0.1, -0.05) is 6.92 Å². The highest BCUT2D eigenvalue weighted by Gasteiger charge is 2.16. The summed E-state index contributed by atoms with van der Waals surface area (Å²) in [4.78, 5) is 14.7. The Bertz CT molecular complexity index is 397. The Hall–Kier alpha value is -1.14. The van der Waals surface area contributed by atoms with Crippen LogP contribution in [0, 0.1) is 0 Å². The molecule has 100 valence electrons. The summed E-state index contributed by atoms with van der Waals surface area (Å²) in [6.07, 6.45) is 0.996. The number of aromatic nitrogens is 3. The van der Waals surface area contributed by atoms with Gasteiger partial charge in [-0.2, -0.15) is 15.0 Å². The molecule has 0 aliphatic carbocycles. The Morgan fingerprint density at radius 2 is 2.06 bits per heavy atom. The minimum Gasteiger partial charge on any atom is -0.378 e. The zero-order valence-corrected chi connectivity index (χ0v) is 11.4. The Balaban J connectivity index is 2.14. The van der Waals surface area contributed by atoms with Gasteiger partial charge in [0.25, 0.3) is 0 Å². The lowest BCUT2D eigenvalue weighted by Gasteiger charge is -2.27. The Labute approximate surface area is 112 Å². The van der Waals surface area contributed by atoms with E-state index in [0.29, 0.717) is 31.2 Å². The second kappa shape index (κ2) is 6.15. The summed E-state index contributed by atoms with van der Waals surface area (Å²) in [5.74, 6) is 1.15. The SMILES string of the molecule is CCC(C)Nc1nc(Cl)nc(N2CCOCC2)n1. The first-order valence-electron chi connectivity index (χ1n) is 6.20. The van der Waals surface area contributed by atoms with Crippen LogP contribution in [0.1, 0.15) is 20.3 Å². The van der Waals surface area contributed by atoms with E-state index >= 15 is 0 Å². The molecule has 0 bridgehead atoms. The van der Waals surface area contributed by atoms with E-state index < -0.39 is 0 Å². The van der Waals surface area contributed by atoms with Crippen LogP contribution in [-0.4, -0.2) is 47.3 Å². The number of hydrogen-bond acceptors (Lipinski definition) is 6. The minimum absolute atomic E-state index is 0.220. The van der Waals surface area contributed by atoms with Crippen molar-refractivity contribution in [2.45, 2.75) is 26.3 Å². The number of anilines is 2. The molecule has 1 aliphatic heterocycles. The van der Waals surface area contributed by atoms with Crippen molar-refractivity contribution in [3.05, 3.63) is 5.28 Å². The van der Waals surface area contributed by atoms with Crippen molar-refractivity contribution in [3.8, 4) is 0 Å². The fourth-order valence-electron chi connectivity index (χ4n) is 1.63. The fourth-order valence-corrected chi connectivity index (χ4v) is 1.79. The number of rotatable bonds is 4. The van der Waals surface area contributed by atoms with Crippen LogP contribution in [0.2, 0.25) is 5.28 Å².